The second-order valence-electron chi connectivity index (χ2n) is 3.42. The minimum atomic E-state index is 0.348. The van der Waals surface area contributed by atoms with Gasteiger partial charge in [0.2, 0.25) is 0 Å². The third-order valence-electron chi connectivity index (χ3n) is 2.31. The molecule has 0 aliphatic heterocycles. The number of nitrogens with one attached hydrogen (secondary N) is 1. The van der Waals surface area contributed by atoms with Crippen LogP contribution in [0.15, 0.2) is 23.7 Å². The number of thiophene rings is 1. The van der Waals surface area contributed by atoms with Gasteiger partial charge in [-0.3, -0.25) is 0 Å². The molecule has 0 amide bonds. The SMILES string of the molecule is CCC(NCc1ccc(Cl)s1)c1nccs1. The van der Waals surface area contributed by atoms with Gasteiger partial charge >= 0.3 is 0 Å². The van der Waals surface area contributed by atoms with Crippen LogP contribution < -0.4 is 5.32 Å². The number of hydrogen-bond donors (Lipinski definition) is 1. The number of rotatable bonds is 5. The second-order valence-corrected chi connectivity index (χ2v) is 6.14. The van der Waals surface area contributed by atoms with Gasteiger partial charge in [0, 0.05) is 23.0 Å². The zero-order valence-corrected chi connectivity index (χ0v) is 11.3. The Morgan fingerprint density at radius 3 is 2.94 bits per heavy atom. The van der Waals surface area contributed by atoms with Crippen LogP contribution in [0, 0.1) is 0 Å². The fourth-order valence-corrected chi connectivity index (χ4v) is 3.32. The monoisotopic (exact) mass is 272 g/mol. The van der Waals surface area contributed by atoms with E-state index in [1.165, 1.54) is 4.88 Å². The van der Waals surface area contributed by atoms with Crippen molar-refractivity contribution in [1.29, 1.82) is 0 Å². The maximum atomic E-state index is 5.89. The highest BCUT2D eigenvalue weighted by Gasteiger charge is 2.11. The molecule has 1 atom stereocenters. The summed E-state index contributed by atoms with van der Waals surface area (Å²) in [5.41, 5.74) is 0. The first-order valence-electron chi connectivity index (χ1n) is 5.16. The Kier molecular flexibility index (Phi) is 4.35. The number of hydrogen-bond acceptors (Lipinski definition) is 4. The molecule has 2 aromatic heterocycles. The van der Waals surface area contributed by atoms with Crippen LogP contribution in [0.3, 0.4) is 0 Å². The molecule has 2 rings (SSSR count). The normalized spacial score (nSPS) is 12.9. The fourth-order valence-electron chi connectivity index (χ4n) is 1.48. The molecule has 0 aromatic carbocycles. The van der Waals surface area contributed by atoms with Crippen LogP contribution in [0.4, 0.5) is 0 Å². The van der Waals surface area contributed by atoms with Crippen molar-refractivity contribution in [3.8, 4) is 0 Å². The van der Waals surface area contributed by atoms with E-state index in [0.29, 0.717) is 6.04 Å². The predicted octanol–water partition coefficient (Wildman–Crippen LogP) is 4.10. The van der Waals surface area contributed by atoms with E-state index in [0.717, 1.165) is 22.3 Å². The van der Waals surface area contributed by atoms with Crippen molar-refractivity contribution in [2.75, 3.05) is 0 Å². The van der Waals surface area contributed by atoms with E-state index in [9.17, 15) is 0 Å². The molecule has 0 saturated carbocycles. The fraction of sp³-hybridized carbons (Fsp3) is 0.364. The zero-order valence-electron chi connectivity index (χ0n) is 8.94. The van der Waals surface area contributed by atoms with Gasteiger partial charge in [0.1, 0.15) is 5.01 Å². The van der Waals surface area contributed by atoms with Gasteiger partial charge in [-0.05, 0) is 18.6 Å². The van der Waals surface area contributed by atoms with Gasteiger partial charge in [-0.15, -0.1) is 22.7 Å². The van der Waals surface area contributed by atoms with Crippen molar-refractivity contribution in [3.63, 3.8) is 0 Å². The van der Waals surface area contributed by atoms with E-state index in [-0.39, 0.29) is 0 Å². The first kappa shape index (κ1) is 12.0. The Bertz CT molecular complexity index is 425. The van der Waals surface area contributed by atoms with Gasteiger partial charge in [-0.2, -0.15) is 0 Å². The lowest BCUT2D eigenvalue weighted by Crippen LogP contribution is -2.19. The van der Waals surface area contributed by atoms with E-state index >= 15 is 0 Å². The van der Waals surface area contributed by atoms with Crippen molar-refractivity contribution in [1.82, 2.24) is 10.3 Å². The van der Waals surface area contributed by atoms with E-state index in [1.807, 2.05) is 17.6 Å². The lowest BCUT2D eigenvalue weighted by Gasteiger charge is -2.13. The number of halogens is 1. The van der Waals surface area contributed by atoms with Crippen LogP contribution in [0.25, 0.3) is 0 Å². The molecule has 1 N–H and O–H groups in total. The highest BCUT2D eigenvalue weighted by Crippen LogP contribution is 2.23. The quantitative estimate of drug-likeness (QED) is 0.886. The van der Waals surface area contributed by atoms with Crippen molar-refractivity contribution >= 4 is 34.3 Å². The Balaban J connectivity index is 1.93. The van der Waals surface area contributed by atoms with Crippen LogP contribution in [0.2, 0.25) is 4.34 Å². The van der Waals surface area contributed by atoms with Crippen LogP contribution in [-0.4, -0.2) is 4.98 Å². The predicted molar refractivity (Wildman–Crippen MR) is 71.3 cm³/mol. The largest absolute Gasteiger partial charge is 0.303 e. The lowest BCUT2D eigenvalue weighted by molar-refractivity contribution is 0.519. The molecule has 2 heterocycles. The third-order valence-corrected chi connectivity index (χ3v) is 4.43. The molecule has 0 spiro atoms. The van der Waals surface area contributed by atoms with Gasteiger partial charge in [-0.1, -0.05) is 18.5 Å². The average molecular weight is 273 g/mol. The lowest BCUT2D eigenvalue weighted by atomic mass is 10.2. The van der Waals surface area contributed by atoms with Gasteiger partial charge in [0.15, 0.2) is 0 Å². The van der Waals surface area contributed by atoms with E-state index in [1.54, 1.807) is 22.7 Å². The van der Waals surface area contributed by atoms with Crippen molar-refractivity contribution in [3.05, 3.63) is 37.9 Å². The smallest absolute Gasteiger partial charge is 0.109 e. The summed E-state index contributed by atoms with van der Waals surface area (Å²) in [4.78, 5) is 5.60. The Morgan fingerprint density at radius 1 is 1.50 bits per heavy atom. The molecular weight excluding hydrogens is 260 g/mol. The summed E-state index contributed by atoms with van der Waals surface area (Å²) in [5.74, 6) is 0. The van der Waals surface area contributed by atoms with Gasteiger partial charge in [-0.25, -0.2) is 4.98 Å². The highest BCUT2D eigenvalue weighted by molar-refractivity contribution is 7.16. The summed E-state index contributed by atoms with van der Waals surface area (Å²) in [6.07, 6.45) is 2.90. The Hall–Kier alpha value is -0.420. The molecule has 0 bridgehead atoms. The summed E-state index contributed by atoms with van der Waals surface area (Å²) in [5, 5.41) is 6.67. The minimum absolute atomic E-state index is 0.348. The molecule has 2 nitrogen and oxygen atoms in total. The average Bonchev–Trinajstić information content (AvgIpc) is 2.91. The van der Waals surface area contributed by atoms with Crippen LogP contribution in [-0.2, 0) is 6.54 Å². The molecule has 0 fully saturated rings. The number of aromatic nitrogens is 1. The molecule has 5 heteroatoms. The number of thiazole rings is 1. The molecule has 1 unspecified atom stereocenters. The molecule has 0 aliphatic carbocycles. The van der Waals surface area contributed by atoms with E-state index in [2.05, 4.69) is 23.3 Å². The standard InChI is InChI=1S/C11H13ClN2S2/c1-2-9(11-13-5-6-15-11)14-7-8-3-4-10(12)16-8/h3-6,9,14H,2,7H2,1H3. The molecular formula is C11H13ClN2S2. The minimum Gasteiger partial charge on any atom is -0.303 e. The van der Waals surface area contributed by atoms with E-state index < -0.39 is 0 Å². The van der Waals surface area contributed by atoms with Crippen LogP contribution >= 0.6 is 34.3 Å². The van der Waals surface area contributed by atoms with Crippen molar-refractivity contribution < 1.29 is 0 Å². The second kappa shape index (κ2) is 5.77. The number of nitrogens with zero attached hydrogens (tertiary/aromatic N) is 1. The third kappa shape index (κ3) is 3.04. The summed E-state index contributed by atoms with van der Waals surface area (Å²) in [6, 6.07) is 4.35. The molecule has 2 aromatic rings. The maximum Gasteiger partial charge on any atom is 0.109 e. The molecule has 0 aliphatic rings. The molecule has 86 valence electrons. The van der Waals surface area contributed by atoms with Gasteiger partial charge in [0.05, 0.1) is 10.4 Å². The summed E-state index contributed by atoms with van der Waals surface area (Å²) in [6.45, 7) is 3.02. The van der Waals surface area contributed by atoms with Crippen LogP contribution in [0.5, 0.6) is 0 Å². The summed E-state index contributed by atoms with van der Waals surface area (Å²) in [7, 11) is 0. The summed E-state index contributed by atoms with van der Waals surface area (Å²) >= 11 is 9.21. The van der Waals surface area contributed by atoms with Crippen LogP contribution in [0.1, 0.15) is 29.3 Å². The first-order chi connectivity index (χ1) is 7.79. The first-order valence-corrected chi connectivity index (χ1v) is 7.24. The van der Waals surface area contributed by atoms with Crippen molar-refractivity contribution in [2.45, 2.75) is 25.9 Å². The molecule has 0 saturated heterocycles. The Morgan fingerprint density at radius 2 is 2.38 bits per heavy atom. The highest BCUT2D eigenvalue weighted by atomic mass is 35.5. The van der Waals surface area contributed by atoms with Gasteiger partial charge in [0.25, 0.3) is 0 Å². The van der Waals surface area contributed by atoms with Gasteiger partial charge < -0.3 is 5.32 Å². The maximum absolute atomic E-state index is 5.89. The van der Waals surface area contributed by atoms with Crippen molar-refractivity contribution in [2.24, 2.45) is 0 Å². The van der Waals surface area contributed by atoms with E-state index in [4.69, 9.17) is 11.6 Å². The molecule has 16 heavy (non-hydrogen) atoms. The summed E-state index contributed by atoms with van der Waals surface area (Å²) < 4.78 is 0.846. The zero-order chi connectivity index (χ0) is 11.4. The molecule has 0 radical (unpaired) electrons. The Labute approximate surface area is 108 Å². The topological polar surface area (TPSA) is 24.9 Å².